The van der Waals surface area contributed by atoms with E-state index in [1.54, 1.807) is 7.11 Å². The Labute approximate surface area is 130 Å². The molecule has 1 aromatic rings. The number of rotatable bonds is 7. The second-order valence-corrected chi connectivity index (χ2v) is 6.36. The number of ether oxygens (including phenoxy) is 1. The molecule has 2 heteroatoms. The molecule has 0 heterocycles. The van der Waals surface area contributed by atoms with Gasteiger partial charge in [0.2, 0.25) is 0 Å². The first kappa shape index (κ1) is 16.4. The van der Waals surface area contributed by atoms with Gasteiger partial charge in [-0.1, -0.05) is 51.3 Å². The van der Waals surface area contributed by atoms with Crippen LogP contribution in [0.5, 0.6) is 5.75 Å². The second kappa shape index (κ2) is 8.43. The fourth-order valence-corrected chi connectivity index (χ4v) is 3.68. The van der Waals surface area contributed by atoms with E-state index in [1.165, 1.54) is 44.1 Å². The van der Waals surface area contributed by atoms with E-state index in [9.17, 15) is 0 Å². The van der Waals surface area contributed by atoms with Crippen LogP contribution in [0.15, 0.2) is 24.3 Å². The molecule has 1 unspecified atom stereocenters. The minimum atomic E-state index is 0.443. The minimum Gasteiger partial charge on any atom is -0.496 e. The zero-order valence-electron chi connectivity index (χ0n) is 13.9. The van der Waals surface area contributed by atoms with E-state index in [1.807, 2.05) is 0 Å². The summed E-state index contributed by atoms with van der Waals surface area (Å²) in [6.45, 7) is 5.65. The van der Waals surface area contributed by atoms with E-state index < -0.39 is 0 Å². The topological polar surface area (TPSA) is 21.3 Å². The predicted octanol–water partition coefficient (Wildman–Crippen LogP) is 4.95. The monoisotopic (exact) mass is 289 g/mol. The Kier molecular flexibility index (Phi) is 6.56. The molecule has 1 atom stereocenters. The highest BCUT2D eigenvalue weighted by atomic mass is 16.5. The summed E-state index contributed by atoms with van der Waals surface area (Å²) in [5, 5.41) is 3.78. The van der Waals surface area contributed by atoms with E-state index in [0.717, 1.165) is 24.1 Å². The van der Waals surface area contributed by atoms with Crippen LogP contribution in [0.25, 0.3) is 0 Å². The summed E-state index contributed by atoms with van der Waals surface area (Å²) < 4.78 is 5.60. The average Bonchev–Trinajstić information content (AvgIpc) is 2.56. The lowest BCUT2D eigenvalue weighted by Gasteiger charge is -2.35. The molecule has 0 bridgehead atoms. The second-order valence-electron chi connectivity index (χ2n) is 6.36. The van der Waals surface area contributed by atoms with E-state index in [4.69, 9.17) is 4.74 Å². The van der Waals surface area contributed by atoms with Crippen LogP contribution in [-0.4, -0.2) is 13.7 Å². The van der Waals surface area contributed by atoms with Crippen LogP contribution in [0.4, 0.5) is 0 Å². The van der Waals surface area contributed by atoms with Gasteiger partial charge in [-0.3, -0.25) is 0 Å². The van der Waals surface area contributed by atoms with Crippen molar-refractivity contribution in [1.82, 2.24) is 5.32 Å². The molecule has 2 nitrogen and oxygen atoms in total. The van der Waals surface area contributed by atoms with Crippen LogP contribution in [0.3, 0.4) is 0 Å². The minimum absolute atomic E-state index is 0.443. The fraction of sp³-hybridized carbons (Fsp3) is 0.684. The molecule has 1 aliphatic rings. The molecule has 1 fully saturated rings. The summed E-state index contributed by atoms with van der Waals surface area (Å²) in [7, 11) is 1.78. The first-order chi connectivity index (χ1) is 10.3. The van der Waals surface area contributed by atoms with Crippen LogP contribution >= 0.6 is 0 Å². The third-order valence-electron chi connectivity index (χ3n) is 5.03. The zero-order chi connectivity index (χ0) is 15.1. The van der Waals surface area contributed by atoms with Crippen LogP contribution in [0.1, 0.15) is 64.0 Å². The van der Waals surface area contributed by atoms with Crippen molar-refractivity contribution >= 4 is 0 Å². The SMILES string of the molecule is CCCNC(c1ccccc1OC)C1CCC(CC)CC1. The molecule has 118 valence electrons. The number of nitrogens with one attached hydrogen (secondary N) is 1. The summed E-state index contributed by atoms with van der Waals surface area (Å²) in [6, 6.07) is 8.97. The quantitative estimate of drug-likeness (QED) is 0.766. The van der Waals surface area contributed by atoms with Crippen molar-refractivity contribution in [2.45, 2.75) is 58.4 Å². The molecule has 0 spiro atoms. The first-order valence-electron chi connectivity index (χ1n) is 8.66. The van der Waals surface area contributed by atoms with E-state index in [-0.39, 0.29) is 0 Å². The normalized spacial score (nSPS) is 23.8. The van der Waals surface area contributed by atoms with Gasteiger partial charge < -0.3 is 10.1 Å². The Morgan fingerprint density at radius 1 is 1.14 bits per heavy atom. The average molecular weight is 289 g/mol. The van der Waals surface area contributed by atoms with Gasteiger partial charge in [-0.2, -0.15) is 0 Å². The largest absolute Gasteiger partial charge is 0.496 e. The summed E-state index contributed by atoms with van der Waals surface area (Å²) in [4.78, 5) is 0. The number of hydrogen-bond donors (Lipinski definition) is 1. The smallest absolute Gasteiger partial charge is 0.123 e. The first-order valence-corrected chi connectivity index (χ1v) is 8.66. The van der Waals surface area contributed by atoms with Crippen LogP contribution in [-0.2, 0) is 0 Å². The van der Waals surface area contributed by atoms with Crippen molar-refractivity contribution in [1.29, 1.82) is 0 Å². The van der Waals surface area contributed by atoms with Gasteiger partial charge in [-0.05, 0) is 43.7 Å². The third-order valence-corrected chi connectivity index (χ3v) is 5.03. The summed E-state index contributed by atoms with van der Waals surface area (Å²) >= 11 is 0. The molecule has 1 aliphatic carbocycles. The molecule has 0 amide bonds. The molecular formula is C19H31NO. The Morgan fingerprint density at radius 2 is 1.86 bits per heavy atom. The fourth-order valence-electron chi connectivity index (χ4n) is 3.68. The van der Waals surface area contributed by atoms with Crippen molar-refractivity contribution in [2.24, 2.45) is 11.8 Å². The van der Waals surface area contributed by atoms with Gasteiger partial charge in [0.05, 0.1) is 7.11 Å². The number of hydrogen-bond acceptors (Lipinski definition) is 2. The third kappa shape index (κ3) is 4.23. The van der Waals surface area contributed by atoms with Gasteiger partial charge in [0.15, 0.2) is 0 Å². The Morgan fingerprint density at radius 3 is 2.48 bits per heavy atom. The lowest BCUT2D eigenvalue weighted by molar-refractivity contribution is 0.216. The number of para-hydroxylation sites is 1. The molecule has 2 rings (SSSR count). The van der Waals surface area contributed by atoms with E-state index in [2.05, 4.69) is 43.4 Å². The van der Waals surface area contributed by atoms with Crippen LogP contribution in [0, 0.1) is 11.8 Å². The van der Waals surface area contributed by atoms with Crippen molar-refractivity contribution < 1.29 is 4.74 Å². The number of benzene rings is 1. The molecule has 1 saturated carbocycles. The molecule has 0 saturated heterocycles. The molecule has 21 heavy (non-hydrogen) atoms. The van der Waals surface area contributed by atoms with Gasteiger partial charge in [-0.25, -0.2) is 0 Å². The molecule has 0 aromatic heterocycles. The Hall–Kier alpha value is -1.02. The van der Waals surface area contributed by atoms with Crippen molar-refractivity contribution in [3.8, 4) is 5.75 Å². The van der Waals surface area contributed by atoms with E-state index >= 15 is 0 Å². The van der Waals surface area contributed by atoms with Gasteiger partial charge in [0.25, 0.3) is 0 Å². The highest BCUT2D eigenvalue weighted by Gasteiger charge is 2.29. The Bertz CT molecular complexity index is 410. The molecule has 0 aliphatic heterocycles. The van der Waals surface area contributed by atoms with Gasteiger partial charge >= 0.3 is 0 Å². The lowest BCUT2D eigenvalue weighted by Crippen LogP contribution is -2.31. The predicted molar refractivity (Wildman–Crippen MR) is 89.8 cm³/mol. The maximum Gasteiger partial charge on any atom is 0.123 e. The lowest BCUT2D eigenvalue weighted by atomic mass is 9.76. The molecule has 1 aromatic carbocycles. The highest BCUT2D eigenvalue weighted by molar-refractivity contribution is 5.36. The Balaban J connectivity index is 2.14. The highest BCUT2D eigenvalue weighted by Crippen LogP contribution is 2.40. The van der Waals surface area contributed by atoms with Gasteiger partial charge in [-0.15, -0.1) is 0 Å². The summed E-state index contributed by atoms with van der Waals surface area (Å²) in [6.07, 6.45) is 7.99. The summed E-state index contributed by atoms with van der Waals surface area (Å²) in [5.74, 6) is 2.73. The standard InChI is InChI=1S/C19H31NO/c1-4-14-20-19(16-12-10-15(5-2)11-13-16)17-8-6-7-9-18(17)21-3/h6-9,15-16,19-20H,4-5,10-14H2,1-3H3. The van der Waals surface area contributed by atoms with Crippen LogP contribution in [0.2, 0.25) is 0 Å². The zero-order valence-corrected chi connectivity index (χ0v) is 13.9. The van der Waals surface area contributed by atoms with Crippen molar-refractivity contribution in [2.75, 3.05) is 13.7 Å². The molecule has 1 N–H and O–H groups in total. The molecule has 0 radical (unpaired) electrons. The van der Waals surface area contributed by atoms with Crippen LogP contribution < -0.4 is 10.1 Å². The number of methoxy groups -OCH3 is 1. The van der Waals surface area contributed by atoms with Crippen molar-refractivity contribution in [3.05, 3.63) is 29.8 Å². The van der Waals surface area contributed by atoms with E-state index in [0.29, 0.717) is 6.04 Å². The van der Waals surface area contributed by atoms with Gasteiger partial charge in [0, 0.05) is 11.6 Å². The maximum atomic E-state index is 5.60. The van der Waals surface area contributed by atoms with Gasteiger partial charge in [0.1, 0.15) is 5.75 Å². The van der Waals surface area contributed by atoms with Crippen molar-refractivity contribution in [3.63, 3.8) is 0 Å². The maximum absolute atomic E-state index is 5.60. The molecular weight excluding hydrogens is 258 g/mol. The summed E-state index contributed by atoms with van der Waals surface area (Å²) in [5.41, 5.74) is 1.34.